The second-order valence-electron chi connectivity index (χ2n) is 3.28. The van der Waals surface area contributed by atoms with Crippen LogP contribution >= 0.6 is 11.6 Å². The van der Waals surface area contributed by atoms with E-state index >= 15 is 0 Å². The molecule has 0 saturated carbocycles. The van der Waals surface area contributed by atoms with Crippen LogP contribution in [0.3, 0.4) is 0 Å². The predicted molar refractivity (Wildman–Crippen MR) is 58.5 cm³/mol. The number of nitrogens with zero attached hydrogens (tertiary/aromatic N) is 2. The van der Waals surface area contributed by atoms with Crippen molar-refractivity contribution in [1.82, 2.24) is 9.97 Å². The third-order valence-corrected chi connectivity index (χ3v) is 2.39. The molecule has 1 aromatic carbocycles. The fourth-order valence-corrected chi connectivity index (χ4v) is 1.52. The summed E-state index contributed by atoms with van der Waals surface area (Å²) >= 11 is 5.59. The molecule has 0 aliphatic heterocycles. The van der Waals surface area contributed by atoms with Crippen LogP contribution in [0, 0.1) is 5.82 Å². The molecule has 1 aromatic heterocycles. The minimum absolute atomic E-state index is 0.264. The zero-order valence-electron chi connectivity index (χ0n) is 8.08. The zero-order chi connectivity index (χ0) is 10.7. The molecular formula is C11H10ClFN2. The summed E-state index contributed by atoms with van der Waals surface area (Å²) in [4.78, 5) is 8.47. The first-order chi connectivity index (χ1) is 7.29. The monoisotopic (exact) mass is 224 g/mol. The highest BCUT2D eigenvalue weighted by atomic mass is 35.5. The smallest absolute Gasteiger partial charge is 0.129 e. The lowest BCUT2D eigenvalue weighted by Gasteiger charge is -2.00. The molecule has 0 atom stereocenters. The van der Waals surface area contributed by atoms with E-state index in [9.17, 15) is 4.39 Å². The van der Waals surface area contributed by atoms with Crippen molar-refractivity contribution in [2.24, 2.45) is 0 Å². The maximum absolute atomic E-state index is 12.9. The van der Waals surface area contributed by atoms with Gasteiger partial charge in [0.2, 0.25) is 0 Å². The fourth-order valence-electron chi connectivity index (χ4n) is 1.39. The van der Waals surface area contributed by atoms with Crippen LogP contribution in [0.15, 0.2) is 24.4 Å². The fraction of sp³-hybridized carbons (Fsp3) is 0.273. The number of aromatic nitrogens is 2. The standard InChI is InChI=1S/C11H10ClFN2/c12-5-1-2-11-14-7-8-6-9(13)3-4-10(8)15-11/h3-4,6-7H,1-2,5H2. The van der Waals surface area contributed by atoms with Crippen LogP contribution in [0.25, 0.3) is 10.9 Å². The molecule has 0 spiro atoms. The Morgan fingerprint density at radius 2 is 2.20 bits per heavy atom. The number of aryl methyl sites for hydroxylation is 1. The molecule has 15 heavy (non-hydrogen) atoms. The highest BCUT2D eigenvalue weighted by Crippen LogP contribution is 2.12. The molecule has 2 aromatic rings. The second-order valence-corrected chi connectivity index (χ2v) is 3.66. The van der Waals surface area contributed by atoms with Crippen molar-refractivity contribution in [2.45, 2.75) is 12.8 Å². The first kappa shape index (κ1) is 10.3. The lowest BCUT2D eigenvalue weighted by atomic mass is 10.2. The van der Waals surface area contributed by atoms with Gasteiger partial charge >= 0.3 is 0 Å². The van der Waals surface area contributed by atoms with Crippen LogP contribution in [0.5, 0.6) is 0 Å². The molecule has 0 radical (unpaired) electrons. The van der Waals surface area contributed by atoms with Crippen LogP contribution < -0.4 is 0 Å². The Kier molecular flexibility index (Phi) is 3.11. The van der Waals surface area contributed by atoms with E-state index < -0.39 is 0 Å². The Balaban J connectivity index is 2.34. The quantitative estimate of drug-likeness (QED) is 0.750. The number of halogens is 2. The van der Waals surface area contributed by atoms with E-state index in [0.29, 0.717) is 5.88 Å². The molecule has 0 aliphatic rings. The van der Waals surface area contributed by atoms with E-state index in [1.807, 2.05) is 0 Å². The van der Waals surface area contributed by atoms with Gasteiger partial charge in [-0.3, -0.25) is 0 Å². The van der Waals surface area contributed by atoms with Crippen LogP contribution in [0.1, 0.15) is 12.2 Å². The Morgan fingerprint density at radius 3 is 3.00 bits per heavy atom. The first-order valence-corrected chi connectivity index (χ1v) is 5.30. The molecule has 4 heteroatoms. The van der Waals surface area contributed by atoms with Gasteiger partial charge in [0, 0.05) is 23.9 Å². The maximum Gasteiger partial charge on any atom is 0.129 e. The molecule has 2 nitrogen and oxygen atoms in total. The average Bonchev–Trinajstić information content (AvgIpc) is 2.26. The third-order valence-electron chi connectivity index (χ3n) is 2.13. The zero-order valence-corrected chi connectivity index (χ0v) is 8.84. The lowest BCUT2D eigenvalue weighted by Crippen LogP contribution is -1.96. The van der Waals surface area contributed by atoms with Gasteiger partial charge in [-0.15, -0.1) is 11.6 Å². The lowest BCUT2D eigenvalue weighted by molar-refractivity contribution is 0.629. The van der Waals surface area contributed by atoms with Crippen molar-refractivity contribution in [3.05, 3.63) is 36.0 Å². The van der Waals surface area contributed by atoms with E-state index in [4.69, 9.17) is 11.6 Å². The number of hydrogen-bond donors (Lipinski definition) is 0. The van der Waals surface area contributed by atoms with Gasteiger partial charge in [0.05, 0.1) is 5.52 Å². The van der Waals surface area contributed by atoms with Crippen molar-refractivity contribution in [2.75, 3.05) is 5.88 Å². The molecule has 0 bridgehead atoms. The number of benzene rings is 1. The molecule has 0 amide bonds. The van der Waals surface area contributed by atoms with E-state index in [1.165, 1.54) is 12.1 Å². The van der Waals surface area contributed by atoms with Crippen molar-refractivity contribution >= 4 is 22.5 Å². The number of fused-ring (bicyclic) bond motifs is 1. The number of rotatable bonds is 3. The minimum atomic E-state index is -0.264. The van der Waals surface area contributed by atoms with Gasteiger partial charge in [-0.05, 0) is 24.6 Å². The van der Waals surface area contributed by atoms with Crippen LogP contribution in [0.2, 0.25) is 0 Å². The van der Waals surface area contributed by atoms with Gasteiger partial charge in [-0.1, -0.05) is 0 Å². The average molecular weight is 225 g/mol. The number of alkyl halides is 1. The van der Waals surface area contributed by atoms with E-state index in [0.717, 1.165) is 29.6 Å². The van der Waals surface area contributed by atoms with Crippen LogP contribution in [-0.4, -0.2) is 15.8 Å². The normalized spacial score (nSPS) is 10.8. The molecule has 0 saturated heterocycles. The molecule has 0 unspecified atom stereocenters. The summed E-state index contributed by atoms with van der Waals surface area (Å²) in [6, 6.07) is 4.50. The van der Waals surface area contributed by atoms with Crippen molar-refractivity contribution in [1.29, 1.82) is 0 Å². The Morgan fingerprint density at radius 1 is 1.33 bits per heavy atom. The summed E-state index contributed by atoms with van der Waals surface area (Å²) in [5.41, 5.74) is 0.774. The number of hydrogen-bond acceptors (Lipinski definition) is 2. The van der Waals surface area contributed by atoms with Crippen molar-refractivity contribution in [3.63, 3.8) is 0 Å². The van der Waals surface area contributed by atoms with Gasteiger partial charge in [-0.2, -0.15) is 0 Å². The van der Waals surface area contributed by atoms with Crippen LogP contribution in [0.4, 0.5) is 4.39 Å². The van der Waals surface area contributed by atoms with Crippen molar-refractivity contribution < 1.29 is 4.39 Å². The molecule has 0 fully saturated rings. The summed E-state index contributed by atoms with van der Waals surface area (Å²) in [5, 5.41) is 0.727. The third kappa shape index (κ3) is 2.42. The Labute approximate surface area is 92.1 Å². The van der Waals surface area contributed by atoms with Gasteiger partial charge in [-0.25, -0.2) is 14.4 Å². The predicted octanol–water partition coefficient (Wildman–Crippen LogP) is 2.94. The topological polar surface area (TPSA) is 25.8 Å². The van der Waals surface area contributed by atoms with Crippen molar-refractivity contribution in [3.8, 4) is 0 Å². The highest BCUT2D eigenvalue weighted by Gasteiger charge is 2.00. The van der Waals surface area contributed by atoms with Gasteiger partial charge < -0.3 is 0 Å². The highest BCUT2D eigenvalue weighted by molar-refractivity contribution is 6.17. The summed E-state index contributed by atoms with van der Waals surface area (Å²) in [7, 11) is 0. The Bertz CT molecular complexity index is 473. The second kappa shape index (κ2) is 4.53. The molecule has 1 heterocycles. The van der Waals surface area contributed by atoms with E-state index in [-0.39, 0.29) is 5.82 Å². The SMILES string of the molecule is Fc1ccc2nc(CCCCl)ncc2c1. The van der Waals surface area contributed by atoms with E-state index in [1.54, 1.807) is 12.3 Å². The van der Waals surface area contributed by atoms with Gasteiger partial charge in [0.15, 0.2) is 0 Å². The first-order valence-electron chi connectivity index (χ1n) is 4.77. The molecule has 0 N–H and O–H groups in total. The summed E-state index contributed by atoms with van der Waals surface area (Å²) in [5.74, 6) is 1.10. The van der Waals surface area contributed by atoms with E-state index in [2.05, 4.69) is 9.97 Å². The maximum atomic E-state index is 12.9. The summed E-state index contributed by atoms with van der Waals surface area (Å²) in [6.07, 6.45) is 3.26. The summed E-state index contributed by atoms with van der Waals surface area (Å²) in [6.45, 7) is 0. The summed E-state index contributed by atoms with van der Waals surface area (Å²) < 4.78 is 12.9. The van der Waals surface area contributed by atoms with Gasteiger partial charge in [0.25, 0.3) is 0 Å². The molecule has 0 aliphatic carbocycles. The molecule has 2 rings (SSSR count). The van der Waals surface area contributed by atoms with Crippen LogP contribution in [-0.2, 0) is 6.42 Å². The Hall–Kier alpha value is -1.22. The molecule has 78 valence electrons. The van der Waals surface area contributed by atoms with Gasteiger partial charge in [0.1, 0.15) is 11.6 Å². The largest absolute Gasteiger partial charge is 0.241 e. The minimum Gasteiger partial charge on any atom is -0.241 e. The molecular weight excluding hydrogens is 215 g/mol.